The van der Waals surface area contributed by atoms with Crippen LogP contribution in [0.2, 0.25) is 0 Å². The second-order valence-electron chi connectivity index (χ2n) is 2.31. The van der Waals surface area contributed by atoms with Crippen molar-refractivity contribution in [2.45, 2.75) is 0 Å². The molecule has 4 N–H and O–H groups in total. The number of nitro benzene ring substituents is 1. The maximum absolute atomic E-state index is 10.3. The highest BCUT2D eigenvalue weighted by atomic mass is 35.5. The van der Waals surface area contributed by atoms with E-state index in [1.807, 2.05) is 0 Å². The summed E-state index contributed by atoms with van der Waals surface area (Å²) in [5.41, 5.74) is 10.5. The molecule has 0 atom stereocenters. The van der Waals surface area contributed by atoms with E-state index in [4.69, 9.17) is 11.5 Å². The van der Waals surface area contributed by atoms with Crippen LogP contribution in [0.3, 0.4) is 0 Å². The maximum atomic E-state index is 10.3. The highest BCUT2D eigenvalue weighted by Crippen LogP contribution is 2.18. The summed E-state index contributed by atoms with van der Waals surface area (Å²) in [5.74, 6) is -0.125. The van der Waals surface area contributed by atoms with Crippen molar-refractivity contribution in [3.63, 3.8) is 0 Å². The second kappa shape index (κ2) is 5.03. The zero-order chi connectivity index (χ0) is 9.84. The number of rotatable bonds is 2. The van der Waals surface area contributed by atoms with Crippen LogP contribution in [-0.4, -0.2) is 10.9 Å². The molecule has 0 spiro atoms. The van der Waals surface area contributed by atoms with Gasteiger partial charge in [-0.1, -0.05) is 6.07 Å². The first-order valence-corrected chi connectivity index (χ1v) is 3.43. The maximum Gasteiger partial charge on any atom is 0.271 e. The van der Waals surface area contributed by atoms with E-state index in [-0.39, 0.29) is 24.1 Å². The summed E-state index contributed by atoms with van der Waals surface area (Å²) in [6.45, 7) is 0. The number of guanidine groups is 1. The molecule has 0 aliphatic heterocycles. The average molecular weight is 217 g/mol. The Morgan fingerprint density at radius 3 is 2.57 bits per heavy atom. The summed E-state index contributed by atoms with van der Waals surface area (Å²) < 4.78 is 0. The van der Waals surface area contributed by atoms with Crippen LogP contribution in [0.5, 0.6) is 0 Å². The summed E-state index contributed by atoms with van der Waals surface area (Å²) in [4.78, 5) is 13.5. The molecule has 1 aromatic carbocycles. The average Bonchev–Trinajstić information content (AvgIpc) is 2.03. The lowest BCUT2D eigenvalue weighted by Gasteiger charge is -1.94. The summed E-state index contributed by atoms with van der Waals surface area (Å²) in [6, 6.07) is 5.75. The van der Waals surface area contributed by atoms with E-state index in [1.54, 1.807) is 6.07 Å². The van der Waals surface area contributed by atoms with Gasteiger partial charge < -0.3 is 11.5 Å². The smallest absolute Gasteiger partial charge is 0.271 e. The Hall–Kier alpha value is -1.82. The van der Waals surface area contributed by atoms with Crippen LogP contribution in [0.1, 0.15) is 0 Å². The molecule has 0 heterocycles. The number of halogens is 1. The van der Waals surface area contributed by atoms with E-state index in [0.29, 0.717) is 5.69 Å². The fraction of sp³-hybridized carbons (Fsp3) is 0. The number of non-ortho nitro benzene ring substituents is 1. The fourth-order valence-electron chi connectivity index (χ4n) is 0.825. The molecule has 0 aromatic heterocycles. The molecule has 6 nitrogen and oxygen atoms in total. The summed E-state index contributed by atoms with van der Waals surface area (Å²) in [5, 5.41) is 10.3. The zero-order valence-corrected chi connectivity index (χ0v) is 7.90. The monoisotopic (exact) mass is 216 g/mol. The predicted molar refractivity (Wildman–Crippen MR) is 55.8 cm³/mol. The van der Waals surface area contributed by atoms with Gasteiger partial charge >= 0.3 is 0 Å². The van der Waals surface area contributed by atoms with E-state index < -0.39 is 4.92 Å². The molecule has 76 valence electrons. The van der Waals surface area contributed by atoms with Crippen molar-refractivity contribution in [1.29, 1.82) is 0 Å². The van der Waals surface area contributed by atoms with Gasteiger partial charge in [0.1, 0.15) is 0 Å². The molecular formula is C7H9ClN4O2. The molecule has 14 heavy (non-hydrogen) atoms. The molecule has 0 aliphatic carbocycles. The fourth-order valence-corrected chi connectivity index (χ4v) is 0.825. The van der Waals surface area contributed by atoms with Gasteiger partial charge in [-0.3, -0.25) is 10.1 Å². The first kappa shape index (κ1) is 12.2. The molecular weight excluding hydrogens is 208 g/mol. The van der Waals surface area contributed by atoms with Crippen molar-refractivity contribution >= 4 is 29.7 Å². The third kappa shape index (κ3) is 3.28. The molecule has 0 radical (unpaired) electrons. The van der Waals surface area contributed by atoms with Gasteiger partial charge in [-0.25, -0.2) is 4.99 Å². The molecule has 0 saturated carbocycles. The number of hydrogen-bond acceptors (Lipinski definition) is 3. The largest absolute Gasteiger partial charge is 0.370 e. The first-order valence-electron chi connectivity index (χ1n) is 3.43. The van der Waals surface area contributed by atoms with Gasteiger partial charge in [0.25, 0.3) is 5.69 Å². The lowest BCUT2D eigenvalue weighted by molar-refractivity contribution is -0.384. The number of hydrogen-bond donors (Lipinski definition) is 2. The lowest BCUT2D eigenvalue weighted by atomic mass is 10.3. The van der Waals surface area contributed by atoms with E-state index in [9.17, 15) is 10.1 Å². The topological polar surface area (TPSA) is 108 Å². The Balaban J connectivity index is 0.00000169. The van der Waals surface area contributed by atoms with Crippen molar-refractivity contribution in [2.24, 2.45) is 16.5 Å². The summed E-state index contributed by atoms with van der Waals surface area (Å²) >= 11 is 0. The van der Waals surface area contributed by atoms with Crippen LogP contribution in [0.25, 0.3) is 0 Å². The minimum absolute atomic E-state index is 0. The van der Waals surface area contributed by atoms with Crippen molar-refractivity contribution in [2.75, 3.05) is 0 Å². The molecule has 0 fully saturated rings. The van der Waals surface area contributed by atoms with Crippen molar-refractivity contribution in [3.05, 3.63) is 34.4 Å². The van der Waals surface area contributed by atoms with Crippen molar-refractivity contribution in [1.82, 2.24) is 0 Å². The normalized spacial score (nSPS) is 8.57. The quantitative estimate of drug-likeness (QED) is 0.332. The first-order chi connectivity index (χ1) is 6.09. The highest BCUT2D eigenvalue weighted by Gasteiger charge is 2.04. The third-order valence-electron chi connectivity index (χ3n) is 1.30. The number of benzene rings is 1. The number of nitrogens with zero attached hydrogens (tertiary/aromatic N) is 2. The van der Waals surface area contributed by atoms with E-state index >= 15 is 0 Å². The second-order valence-corrected chi connectivity index (χ2v) is 2.31. The van der Waals surface area contributed by atoms with Crippen LogP contribution >= 0.6 is 12.4 Å². The van der Waals surface area contributed by atoms with Crippen LogP contribution in [0.4, 0.5) is 11.4 Å². The van der Waals surface area contributed by atoms with Crippen LogP contribution in [0, 0.1) is 10.1 Å². The molecule has 0 amide bonds. The molecule has 0 bridgehead atoms. The van der Waals surface area contributed by atoms with E-state index in [2.05, 4.69) is 4.99 Å². The molecule has 0 saturated heterocycles. The van der Waals surface area contributed by atoms with Gasteiger partial charge in [-0.15, -0.1) is 12.4 Å². The SMILES string of the molecule is Cl.NC(N)=Nc1cccc([N+](=O)[O-])c1. The van der Waals surface area contributed by atoms with Gasteiger partial charge in [0.15, 0.2) is 5.96 Å². The third-order valence-corrected chi connectivity index (χ3v) is 1.30. The van der Waals surface area contributed by atoms with Crippen molar-refractivity contribution in [3.8, 4) is 0 Å². The van der Waals surface area contributed by atoms with Crippen LogP contribution in [-0.2, 0) is 0 Å². The Morgan fingerprint density at radius 2 is 2.07 bits per heavy atom. The highest BCUT2D eigenvalue weighted by molar-refractivity contribution is 5.85. The number of nitrogens with two attached hydrogens (primary N) is 2. The van der Waals surface area contributed by atoms with E-state index in [0.717, 1.165) is 0 Å². The Morgan fingerprint density at radius 1 is 1.43 bits per heavy atom. The Kier molecular flexibility index (Phi) is 4.37. The zero-order valence-electron chi connectivity index (χ0n) is 7.08. The van der Waals surface area contributed by atoms with Gasteiger partial charge in [0, 0.05) is 12.1 Å². The van der Waals surface area contributed by atoms with E-state index in [1.165, 1.54) is 18.2 Å². The standard InChI is InChI=1S/C7H8N4O2.ClH/c8-7(9)10-5-2-1-3-6(4-5)11(12)13;/h1-4H,(H4,8,9,10);1H. The van der Waals surface area contributed by atoms with Gasteiger partial charge in [0.05, 0.1) is 10.6 Å². The minimum atomic E-state index is -0.508. The minimum Gasteiger partial charge on any atom is -0.370 e. The Bertz CT molecular complexity index is 362. The molecule has 7 heteroatoms. The van der Waals surface area contributed by atoms with Gasteiger partial charge in [-0.2, -0.15) is 0 Å². The Labute approximate surface area is 86.2 Å². The van der Waals surface area contributed by atoms with Crippen LogP contribution < -0.4 is 11.5 Å². The van der Waals surface area contributed by atoms with Gasteiger partial charge in [-0.05, 0) is 6.07 Å². The predicted octanol–water partition coefficient (Wildman–Crippen LogP) is 0.922. The van der Waals surface area contributed by atoms with Crippen molar-refractivity contribution < 1.29 is 4.92 Å². The number of aliphatic imine (C=N–C) groups is 1. The molecule has 0 aliphatic rings. The summed E-state index contributed by atoms with van der Waals surface area (Å²) in [6.07, 6.45) is 0. The molecule has 1 aromatic rings. The van der Waals surface area contributed by atoms with Crippen LogP contribution in [0.15, 0.2) is 29.3 Å². The summed E-state index contributed by atoms with van der Waals surface area (Å²) in [7, 11) is 0. The number of nitro groups is 1. The van der Waals surface area contributed by atoms with Gasteiger partial charge in [0.2, 0.25) is 0 Å². The molecule has 0 unspecified atom stereocenters. The lowest BCUT2D eigenvalue weighted by Crippen LogP contribution is -2.21. The molecule has 1 rings (SSSR count).